The molecule has 96 valence electrons. The normalized spacial score (nSPS) is 10.8. The molecule has 0 aliphatic rings. The quantitative estimate of drug-likeness (QED) is 0.782. The highest BCUT2D eigenvalue weighted by atomic mass is 19.4. The molecule has 1 rings (SSSR count). The van der Waals surface area contributed by atoms with Gasteiger partial charge >= 0.3 is 12.1 Å². The van der Waals surface area contributed by atoms with Crippen molar-refractivity contribution in [3.8, 4) is 6.07 Å². The average molecular weight is 257 g/mol. The van der Waals surface area contributed by atoms with Gasteiger partial charge in [0.15, 0.2) is 0 Å². The Hall–Kier alpha value is -2.03. The molecule has 0 unspecified atom stereocenters. The second-order valence-corrected chi connectivity index (χ2v) is 3.43. The van der Waals surface area contributed by atoms with Gasteiger partial charge < -0.3 is 4.74 Å². The van der Waals surface area contributed by atoms with E-state index < -0.39 is 29.7 Å². The molecule has 0 radical (unpaired) electrons. The second-order valence-electron chi connectivity index (χ2n) is 3.43. The van der Waals surface area contributed by atoms with Crippen LogP contribution in [0.5, 0.6) is 0 Å². The van der Waals surface area contributed by atoms with Gasteiger partial charge in [0, 0.05) is 0 Å². The molecular formula is C12H10F3NO2. The van der Waals surface area contributed by atoms with E-state index in [0.29, 0.717) is 0 Å². The first-order valence-corrected chi connectivity index (χ1v) is 5.15. The van der Waals surface area contributed by atoms with E-state index in [1.165, 1.54) is 18.2 Å². The molecule has 3 nitrogen and oxygen atoms in total. The number of carbonyl (C=O) groups is 1. The van der Waals surface area contributed by atoms with Crippen molar-refractivity contribution in [2.75, 3.05) is 6.61 Å². The molecular weight excluding hydrogens is 247 g/mol. The summed E-state index contributed by atoms with van der Waals surface area (Å²) in [5.74, 6) is -0.752. The average Bonchev–Trinajstić information content (AvgIpc) is 2.27. The zero-order chi connectivity index (χ0) is 13.8. The fraction of sp³-hybridized carbons (Fsp3) is 0.333. The van der Waals surface area contributed by atoms with E-state index in [1.807, 2.05) is 0 Å². The number of nitrogens with zero attached hydrogens (tertiary/aromatic N) is 1. The molecule has 0 saturated carbocycles. The summed E-state index contributed by atoms with van der Waals surface area (Å²) in [6.07, 6.45) is -5.17. The Morgan fingerprint density at radius 2 is 2.11 bits per heavy atom. The lowest BCUT2D eigenvalue weighted by atomic mass is 9.99. The van der Waals surface area contributed by atoms with Crippen molar-refractivity contribution >= 4 is 5.97 Å². The first kappa shape index (κ1) is 14.0. The number of alkyl halides is 3. The number of esters is 1. The summed E-state index contributed by atoms with van der Waals surface area (Å²) in [4.78, 5) is 11.2. The van der Waals surface area contributed by atoms with Crippen LogP contribution < -0.4 is 0 Å². The van der Waals surface area contributed by atoms with Crippen LogP contribution in [0.15, 0.2) is 18.2 Å². The van der Waals surface area contributed by atoms with E-state index in [0.717, 1.165) is 6.07 Å². The van der Waals surface area contributed by atoms with E-state index in [1.54, 1.807) is 6.92 Å². The summed E-state index contributed by atoms with van der Waals surface area (Å²) < 4.78 is 43.1. The maximum absolute atomic E-state index is 12.8. The first-order chi connectivity index (χ1) is 8.40. The van der Waals surface area contributed by atoms with Crippen molar-refractivity contribution in [1.29, 1.82) is 5.26 Å². The maximum atomic E-state index is 12.8. The summed E-state index contributed by atoms with van der Waals surface area (Å²) in [5.41, 5.74) is -1.81. The highest BCUT2D eigenvalue weighted by Crippen LogP contribution is 2.34. The molecule has 0 aliphatic heterocycles. The molecule has 0 atom stereocenters. The lowest BCUT2D eigenvalue weighted by molar-refractivity contribution is -0.143. The van der Waals surface area contributed by atoms with Gasteiger partial charge in [-0.05, 0) is 18.6 Å². The Labute approximate surface area is 102 Å². The maximum Gasteiger partial charge on any atom is 0.417 e. The smallest absolute Gasteiger partial charge is 0.417 e. The summed E-state index contributed by atoms with van der Waals surface area (Å²) in [6, 6.07) is 5.02. The minimum atomic E-state index is -4.67. The first-order valence-electron chi connectivity index (χ1n) is 5.15. The van der Waals surface area contributed by atoms with Crippen LogP contribution in [0.3, 0.4) is 0 Å². The van der Waals surface area contributed by atoms with Crippen LogP contribution in [-0.4, -0.2) is 12.6 Å². The van der Waals surface area contributed by atoms with Crippen LogP contribution in [0, 0.1) is 11.3 Å². The van der Waals surface area contributed by atoms with Gasteiger partial charge in [0.2, 0.25) is 0 Å². The third kappa shape index (κ3) is 3.23. The van der Waals surface area contributed by atoms with Crippen LogP contribution in [0.25, 0.3) is 0 Å². The number of carbonyl (C=O) groups excluding carboxylic acids is 1. The van der Waals surface area contributed by atoms with Crippen LogP contribution in [-0.2, 0) is 22.1 Å². The molecule has 0 bridgehead atoms. The number of ether oxygens (including phenoxy) is 1. The zero-order valence-electron chi connectivity index (χ0n) is 9.54. The molecule has 1 aromatic rings. The standard InChI is InChI=1S/C12H10F3NO2/c1-2-18-10(17)6-8-4-3-5-9(7-16)11(8)12(13,14)15/h3-5H,2,6H2,1H3. The Morgan fingerprint density at radius 1 is 1.44 bits per heavy atom. The van der Waals surface area contributed by atoms with Crippen LogP contribution in [0.4, 0.5) is 13.2 Å². The van der Waals surface area contributed by atoms with Crippen molar-refractivity contribution in [2.24, 2.45) is 0 Å². The van der Waals surface area contributed by atoms with Gasteiger partial charge in [0.25, 0.3) is 0 Å². The molecule has 0 N–H and O–H groups in total. The van der Waals surface area contributed by atoms with E-state index in [9.17, 15) is 18.0 Å². The summed E-state index contributed by atoms with van der Waals surface area (Å²) in [6.45, 7) is 1.66. The molecule has 0 saturated heterocycles. The van der Waals surface area contributed by atoms with Gasteiger partial charge in [-0.1, -0.05) is 12.1 Å². The number of nitriles is 1. The predicted molar refractivity (Wildman–Crippen MR) is 56.5 cm³/mol. The van der Waals surface area contributed by atoms with Crippen LogP contribution >= 0.6 is 0 Å². The van der Waals surface area contributed by atoms with Crippen molar-refractivity contribution in [3.63, 3.8) is 0 Å². The summed E-state index contributed by atoms with van der Waals surface area (Å²) >= 11 is 0. The molecule has 0 aromatic heterocycles. The Bertz CT molecular complexity index is 489. The molecule has 18 heavy (non-hydrogen) atoms. The molecule has 0 spiro atoms. The summed E-state index contributed by atoms with van der Waals surface area (Å²) in [5, 5.41) is 8.68. The number of hydrogen-bond donors (Lipinski definition) is 0. The minimum absolute atomic E-state index is 0.0954. The molecule has 1 aromatic carbocycles. The topological polar surface area (TPSA) is 50.1 Å². The Kier molecular flexibility index (Phi) is 4.32. The van der Waals surface area contributed by atoms with Crippen molar-refractivity contribution in [2.45, 2.75) is 19.5 Å². The fourth-order valence-electron chi connectivity index (χ4n) is 1.54. The number of benzene rings is 1. The fourth-order valence-corrected chi connectivity index (χ4v) is 1.54. The number of halogens is 3. The highest BCUT2D eigenvalue weighted by Gasteiger charge is 2.36. The third-order valence-electron chi connectivity index (χ3n) is 2.19. The van der Waals surface area contributed by atoms with Crippen molar-refractivity contribution < 1.29 is 22.7 Å². The van der Waals surface area contributed by atoms with Gasteiger partial charge in [-0.3, -0.25) is 4.79 Å². The Morgan fingerprint density at radius 3 is 2.61 bits per heavy atom. The number of rotatable bonds is 3. The van der Waals surface area contributed by atoms with Crippen LogP contribution in [0.2, 0.25) is 0 Å². The SMILES string of the molecule is CCOC(=O)Cc1cccc(C#N)c1C(F)(F)F. The molecule has 0 fully saturated rings. The van der Waals surface area contributed by atoms with E-state index in [4.69, 9.17) is 5.26 Å². The van der Waals surface area contributed by atoms with Crippen molar-refractivity contribution in [1.82, 2.24) is 0 Å². The molecule has 0 amide bonds. The minimum Gasteiger partial charge on any atom is -0.466 e. The molecule has 0 heterocycles. The van der Waals surface area contributed by atoms with Crippen LogP contribution in [0.1, 0.15) is 23.6 Å². The van der Waals surface area contributed by atoms with Gasteiger partial charge in [-0.15, -0.1) is 0 Å². The largest absolute Gasteiger partial charge is 0.466 e. The monoisotopic (exact) mass is 257 g/mol. The van der Waals surface area contributed by atoms with Gasteiger partial charge in [-0.2, -0.15) is 18.4 Å². The van der Waals surface area contributed by atoms with Gasteiger partial charge in [0.05, 0.1) is 30.2 Å². The zero-order valence-corrected chi connectivity index (χ0v) is 9.54. The predicted octanol–water partition coefficient (Wildman–Crippen LogP) is 2.68. The van der Waals surface area contributed by atoms with E-state index in [-0.39, 0.29) is 12.2 Å². The van der Waals surface area contributed by atoms with E-state index in [2.05, 4.69) is 4.74 Å². The van der Waals surface area contributed by atoms with Crippen molar-refractivity contribution in [3.05, 3.63) is 34.9 Å². The molecule has 6 heteroatoms. The van der Waals surface area contributed by atoms with Gasteiger partial charge in [0.1, 0.15) is 0 Å². The summed E-state index contributed by atoms with van der Waals surface area (Å²) in [7, 11) is 0. The lowest BCUT2D eigenvalue weighted by Gasteiger charge is -2.13. The number of hydrogen-bond acceptors (Lipinski definition) is 3. The lowest BCUT2D eigenvalue weighted by Crippen LogP contribution is -2.16. The van der Waals surface area contributed by atoms with E-state index >= 15 is 0 Å². The highest BCUT2D eigenvalue weighted by molar-refractivity contribution is 5.73. The third-order valence-corrected chi connectivity index (χ3v) is 2.19. The Balaban J connectivity index is 3.20. The second kappa shape index (κ2) is 5.54. The molecule has 0 aliphatic carbocycles. The van der Waals surface area contributed by atoms with Gasteiger partial charge in [-0.25, -0.2) is 0 Å².